The molecular formula is C9H12ClF3N2. The van der Waals surface area contributed by atoms with Gasteiger partial charge in [0.05, 0.1) is 12.1 Å². The van der Waals surface area contributed by atoms with E-state index in [0.717, 1.165) is 11.1 Å². The number of halogens is 4. The fourth-order valence-corrected chi connectivity index (χ4v) is 1.52. The predicted octanol–water partition coefficient (Wildman–Crippen LogP) is 3.44. The van der Waals surface area contributed by atoms with Crippen LogP contribution in [0.1, 0.15) is 31.0 Å². The lowest BCUT2D eigenvalue weighted by atomic mass is 10.2. The maximum Gasteiger partial charge on any atom is 0.433 e. The van der Waals surface area contributed by atoms with E-state index in [1.807, 2.05) is 6.92 Å². The fraction of sp³-hybridized carbons (Fsp3) is 0.667. The topological polar surface area (TPSA) is 17.8 Å². The number of hydrogen-bond acceptors (Lipinski definition) is 1. The molecule has 2 nitrogen and oxygen atoms in total. The second-order valence-electron chi connectivity index (χ2n) is 3.23. The Morgan fingerprint density at radius 1 is 1.47 bits per heavy atom. The summed E-state index contributed by atoms with van der Waals surface area (Å²) in [6, 6.07) is 0. The van der Waals surface area contributed by atoms with Crippen LogP contribution in [0.2, 0.25) is 0 Å². The summed E-state index contributed by atoms with van der Waals surface area (Å²) in [7, 11) is 0. The van der Waals surface area contributed by atoms with Gasteiger partial charge in [-0.15, -0.1) is 11.6 Å². The molecule has 0 radical (unpaired) electrons. The first-order valence-corrected chi connectivity index (χ1v) is 5.22. The highest BCUT2D eigenvalue weighted by atomic mass is 35.5. The molecule has 15 heavy (non-hydrogen) atoms. The minimum Gasteiger partial charge on any atom is -0.260 e. The summed E-state index contributed by atoms with van der Waals surface area (Å²) < 4.78 is 38.9. The van der Waals surface area contributed by atoms with Crippen molar-refractivity contribution in [1.82, 2.24) is 9.78 Å². The first-order chi connectivity index (χ1) is 7.00. The van der Waals surface area contributed by atoms with Crippen molar-refractivity contribution >= 4 is 11.6 Å². The van der Waals surface area contributed by atoms with Crippen LogP contribution in [0.3, 0.4) is 0 Å². The minimum atomic E-state index is -4.38. The summed E-state index contributed by atoms with van der Waals surface area (Å²) in [5.41, 5.74) is -0.675. The smallest absolute Gasteiger partial charge is 0.260 e. The van der Waals surface area contributed by atoms with Crippen molar-refractivity contribution in [2.24, 2.45) is 0 Å². The van der Waals surface area contributed by atoms with Gasteiger partial charge in [-0.1, -0.05) is 13.3 Å². The van der Waals surface area contributed by atoms with E-state index < -0.39 is 11.9 Å². The third-order valence-corrected chi connectivity index (χ3v) is 2.34. The van der Waals surface area contributed by atoms with Crippen LogP contribution in [0.25, 0.3) is 0 Å². The lowest BCUT2D eigenvalue weighted by molar-refractivity contribution is -0.144. The first kappa shape index (κ1) is 12.4. The largest absolute Gasteiger partial charge is 0.433 e. The zero-order chi connectivity index (χ0) is 11.5. The summed E-state index contributed by atoms with van der Waals surface area (Å²) >= 11 is 5.43. The number of nitrogens with zero attached hydrogens (tertiary/aromatic N) is 2. The third kappa shape index (κ3) is 2.87. The van der Waals surface area contributed by atoms with Gasteiger partial charge in [-0.2, -0.15) is 18.3 Å². The van der Waals surface area contributed by atoms with Gasteiger partial charge >= 0.3 is 6.18 Å². The molecule has 6 heteroatoms. The summed E-state index contributed by atoms with van der Waals surface area (Å²) in [4.78, 5) is 0. The quantitative estimate of drug-likeness (QED) is 0.737. The molecule has 0 aliphatic heterocycles. The molecule has 1 aromatic heterocycles. The maximum atomic E-state index is 12.6. The van der Waals surface area contributed by atoms with Gasteiger partial charge in [0.1, 0.15) is 5.69 Å². The van der Waals surface area contributed by atoms with Gasteiger partial charge in [-0.05, 0) is 6.42 Å². The zero-order valence-corrected chi connectivity index (χ0v) is 9.07. The van der Waals surface area contributed by atoms with E-state index in [9.17, 15) is 13.2 Å². The Balaban J connectivity index is 3.01. The SMILES string of the molecule is CCCCn1ncc(CCl)c1C(F)(F)F. The van der Waals surface area contributed by atoms with Crippen molar-refractivity contribution in [1.29, 1.82) is 0 Å². The Morgan fingerprint density at radius 2 is 2.13 bits per heavy atom. The van der Waals surface area contributed by atoms with Crippen molar-refractivity contribution in [2.45, 2.75) is 38.4 Å². The second-order valence-corrected chi connectivity index (χ2v) is 3.49. The Labute approximate surface area is 91.0 Å². The van der Waals surface area contributed by atoms with Crippen LogP contribution in [0.15, 0.2) is 6.20 Å². The van der Waals surface area contributed by atoms with Crippen molar-refractivity contribution in [3.05, 3.63) is 17.5 Å². The van der Waals surface area contributed by atoms with Gasteiger partial charge in [0, 0.05) is 12.1 Å². The van der Waals surface area contributed by atoms with Gasteiger partial charge in [-0.25, -0.2) is 0 Å². The Bertz CT molecular complexity index is 320. The zero-order valence-electron chi connectivity index (χ0n) is 8.31. The standard InChI is InChI=1S/C9H12ClF3N2/c1-2-3-4-15-8(9(11,12)13)7(5-10)6-14-15/h6H,2-5H2,1H3. The Hall–Kier alpha value is -0.710. The van der Waals surface area contributed by atoms with Crippen LogP contribution in [-0.2, 0) is 18.6 Å². The molecule has 0 bridgehead atoms. The van der Waals surface area contributed by atoms with Crippen LogP contribution in [0, 0.1) is 0 Å². The highest BCUT2D eigenvalue weighted by Crippen LogP contribution is 2.32. The lowest BCUT2D eigenvalue weighted by Gasteiger charge is -2.11. The highest BCUT2D eigenvalue weighted by molar-refractivity contribution is 6.17. The third-order valence-electron chi connectivity index (χ3n) is 2.05. The van der Waals surface area contributed by atoms with Crippen LogP contribution in [0.4, 0.5) is 13.2 Å². The summed E-state index contributed by atoms with van der Waals surface area (Å²) in [5, 5.41) is 3.70. The van der Waals surface area contributed by atoms with Crippen LogP contribution < -0.4 is 0 Å². The van der Waals surface area contributed by atoms with Gasteiger partial charge in [0.15, 0.2) is 0 Å². The molecule has 0 spiro atoms. The molecule has 1 heterocycles. The Kier molecular flexibility index (Phi) is 4.02. The highest BCUT2D eigenvalue weighted by Gasteiger charge is 2.37. The van der Waals surface area contributed by atoms with Crippen LogP contribution >= 0.6 is 11.6 Å². The fourth-order valence-electron chi connectivity index (χ4n) is 1.33. The lowest BCUT2D eigenvalue weighted by Crippen LogP contribution is -2.16. The molecule has 86 valence electrons. The van der Waals surface area contributed by atoms with Crippen LogP contribution in [0.5, 0.6) is 0 Å². The molecule has 0 saturated carbocycles. The monoisotopic (exact) mass is 240 g/mol. The predicted molar refractivity (Wildman–Crippen MR) is 51.7 cm³/mol. The van der Waals surface area contributed by atoms with Crippen molar-refractivity contribution in [3.63, 3.8) is 0 Å². The molecule has 0 atom stereocenters. The van der Waals surface area contributed by atoms with Crippen molar-refractivity contribution in [2.75, 3.05) is 0 Å². The van der Waals surface area contributed by atoms with Crippen molar-refractivity contribution < 1.29 is 13.2 Å². The van der Waals surface area contributed by atoms with Gasteiger partial charge in [-0.3, -0.25) is 4.68 Å². The second kappa shape index (κ2) is 4.88. The van der Waals surface area contributed by atoms with E-state index in [1.165, 1.54) is 6.20 Å². The number of aromatic nitrogens is 2. The normalized spacial score (nSPS) is 12.1. The molecule has 0 aromatic carbocycles. The summed E-state index contributed by atoms with van der Waals surface area (Å²) in [5.74, 6) is -0.166. The number of alkyl halides is 4. The minimum absolute atomic E-state index is 0.0419. The van der Waals surface area contributed by atoms with E-state index in [1.54, 1.807) is 0 Å². The molecule has 0 aliphatic carbocycles. The van der Waals surface area contributed by atoms with Crippen LogP contribution in [-0.4, -0.2) is 9.78 Å². The van der Waals surface area contributed by atoms with E-state index >= 15 is 0 Å². The number of aryl methyl sites for hydroxylation is 1. The number of hydrogen-bond donors (Lipinski definition) is 0. The molecule has 0 aliphatic rings. The van der Waals surface area contributed by atoms with Gasteiger partial charge < -0.3 is 0 Å². The average molecular weight is 241 g/mol. The molecule has 0 saturated heterocycles. The van der Waals surface area contributed by atoms with E-state index in [2.05, 4.69) is 5.10 Å². The number of unbranched alkanes of at least 4 members (excludes halogenated alkanes) is 1. The molecule has 0 unspecified atom stereocenters. The van der Waals surface area contributed by atoms with E-state index in [4.69, 9.17) is 11.6 Å². The molecule has 0 amide bonds. The molecule has 0 fully saturated rings. The molecule has 1 rings (SSSR count). The average Bonchev–Trinajstić information content (AvgIpc) is 2.56. The summed E-state index contributed by atoms with van der Waals surface area (Å²) in [6.07, 6.45) is -1.69. The summed E-state index contributed by atoms with van der Waals surface area (Å²) in [6.45, 7) is 2.20. The molecule has 1 aromatic rings. The van der Waals surface area contributed by atoms with E-state index in [0.29, 0.717) is 6.42 Å². The first-order valence-electron chi connectivity index (χ1n) is 4.68. The molecule has 0 N–H and O–H groups in total. The maximum absolute atomic E-state index is 12.6. The molecular weight excluding hydrogens is 229 g/mol. The van der Waals surface area contributed by atoms with Crippen molar-refractivity contribution in [3.8, 4) is 0 Å². The number of rotatable bonds is 4. The van der Waals surface area contributed by atoms with Gasteiger partial charge in [0.2, 0.25) is 0 Å². The van der Waals surface area contributed by atoms with E-state index in [-0.39, 0.29) is 18.0 Å². The van der Waals surface area contributed by atoms with Gasteiger partial charge in [0.25, 0.3) is 0 Å². The Morgan fingerprint density at radius 3 is 2.60 bits per heavy atom.